The molecule has 98 valence electrons. The van der Waals surface area contributed by atoms with Gasteiger partial charge in [0.05, 0.1) is 5.56 Å². The second kappa shape index (κ2) is 4.48. The summed E-state index contributed by atoms with van der Waals surface area (Å²) < 4.78 is 1.70. The molecule has 0 spiro atoms. The van der Waals surface area contributed by atoms with Crippen LogP contribution in [0.4, 0.5) is 0 Å². The van der Waals surface area contributed by atoms with Crippen LogP contribution >= 0.6 is 11.6 Å². The molecule has 0 atom stereocenters. The molecule has 1 aliphatic heterocycles. The van der Waals surface area contributed by atoms with Gasteiger partial charge < -0.3 is 0 Å². The summed E-state index contributed by atoms with van der Waals surface area (Å²) in [5.74, 6) is 0. The summed E-state index contributed by atoms with van der Waals surface area (Å²) in [4.78, 5) is 2.37. The van der Waals surface area contributed by atoms with Crippen molar-refractivity contribution >= 4 is 17.2 Å². The highest BCUT2D eigenvalue weighted by Crippen LogP contribution is 2.31. The number of hydrogen-bond donors (Lipinski definition) is 0. The van der Waals surface area contributed by atoms with Crippen LogP contribution in [-0.2, 0) is 13.0 Å². The molecule has 0 saturated carbocycles. The fourth-order valence-corrected chi connectivity index (χ4v) is 2.93. The minimum atomic E-state index is 0.416. The number of hydrogen-bond acceptors (Lipinski definition) is 4. The third-order valence-electron chi connectivity index (χ3n) is 3.75. The summed E-state index contributed by atoms with van der Waals surface area (Å²) in [6, 6.07) is 2.69. The predicted octanol–water partition coefficient (Wildman–Crippen LogP) is 2.02. The predicted molar refractivity (Wildman–Crippen MR) is 72.0 cm³/mol. The van der Waals surface area contributed by atoms with Gasteiger partial charge in [-0.3, -0.25) is 9.30 Å². The molecule has 0 bridgehead atoms. The first-order valence-electron chi connectivity index (χ1n) is 6.30. The van der Waals surface area contributed by atoms with Gasteiger partial charge >= 0.3 is 0 Å². The van der Waals surface area contributed by atoms with Gasteiger partial charge in [-0.15, -0.1) is 10.2 Å². The summed E-state index contributed by atoms with van der Waals surface area (Å²) in [6.07, 6.45) is 2.40. The molecular weight excluding hydrogens is 262 g/mol. The minimum absolute atomic E-state index is 0.416. The van der Waals surface area contributed by atoms with Gasteiger partial charge in [-0.25, -0.2) is 0 Å². The molecule has 0 N–H and O–H groups in total. The van der Waals surface area contributed by atoms with Crippen molar-refractivity contribution in [1.82, 2.24) is 19.5 Å². The number of rotatable bonds is 1. The second-order valence-corrected chi connectivity index (χ2v) is 5.43. The Morgan fingerprint density at radius 3 is 2.89 bits per heavy atom. The van der Waals surface area contributed by atoms with E-state index in [1.165, 1.54) is 0 Å². The Hall–Kier alpha value is -1.64. The van der Waals surface area contributed by atoms with E-state index in [1.807, 2.05) is 0 Å². The van der Waals surface area contributed by atoms with E-state index in [0.717, 1.165) is 36.3 Å². The van der Waals surface area contributed by atoms with Crippen molar-refractivity contribution in [2.75, 3.05) is 6.54 Å². The van der Waals surface area contributed by atoms with Gasteiger partial charge in [0.15, 0.2) is 5.65 Å². The van der Waals surface area contributed by atoms with Crippen LogP contribution in [0, 0.1) is 11.3 Å². The average Bonchev–Trinajstić information content (AvgIpc) is 2.88. The van der Waals surface area contributed by atoms with E-state index >= 15 is 0 Å². The quantitative estimate of drug-likeness (QED) is 0.747. The molecule has 6 heteroatoms. The molecule has 0 unspecified atom stereocenters. The summed E-state index contributed by atoms with van der Waals surface area (Å²) in [5.41, 5.74) is 3.44. The van der Waals surface area contributed by atoms with Crippen molar-refractivity contribution in [3.8, 4) is 6.07 Å². The van der Waals surface area contributed by atoms with Gasteiger partial charge in [-0.1, -0.05) is 11.6 Å². The SMILES string of the molecule is CC(C)N1CCc2c(C#N)c(Cl)n3cnnc3c2C1. The highest BCUT2D eigenvalue weighted by molar-refractivity contribution is 6.31. The van der Waals surface area contributed by atoms with Gasteiger partial charge in [0.1, 0.15) is 17.5 Å². The molecule has 1 aliphatic rings. The fourth-order valence-electron chi connectivity index (χ4n) is 2.65. The molecule has 0 aromatic carbocycles. The van der Waals surface area contributed by atoms with E-state index in [9.17, 15) is 5.26 Å². The fraction of sp³-hybridized carbons (Fsp3) is 0.462. The number of fused-ring (bicyclic) bond motifs is 3. The third-order valence-corrected chi connectivity index (χ3v) is 4.12. The van der Waals surface area contributed by atoms with Crippen molar-refractivity contribution < 1.29 is 0 Å². The van der Waals surface area contributed by atoms with Gasteiger partial charge in [-0.05, 0) is 25.8 Å². The van der Waals surface area contributed by atoms with Crippen LogP contribution in [0.2, 0.25) is 5.15 Å². The van der Waals surface area contributed by atoms with Crippen LogP contribution < -0.4 is 0 Å². The number of nitrogens with zero attached hydrogens (tertiary/aromatic N) is 5. The van der Waals surface area contributed by atoms with Gasteiger partial charge in [-0.2, -0.15) is 5.26 Å². The maximum Gasteiger partial charge on any atom is 0.166 e. The summed E-state index contributed by atoms with van der Waals surface area (Å²) in [6.45, 7) is 6.08. The average molecular weight is 276 g/mol. The molecule has 5 nitrogen and oxygen atoms in total. The molecule has 0 saturated heterocycles. The Labute approximate surface area is 116 Å². The first kappa shape index (κ1) is 12.4. The van der Waals surface area contributed by atoms with Crippen LogP contribution in [0.1, 0.15) is 30.5 Å². The maximum absolute atomic E-state index is 9.34. The first-order valence-corrected chi connectivity index (χ1v) is 6.68. The standard InChI is InChI=1S/C13H14ClN5/c1-8(2)18-4-3-9-10(5-15)12(14)19-7-16-17-13(19)11(9)6-18/h7-8H,3-4,6H2,1-2H3. The van der Waals surface area contributed by atoms with Crippen LogP contribution in [-0.4, -0.2) is 32.1 Å². The summed E-state index contributed by atoms with van der Waals surface area (Å²) >= 11 is 6.27. The Bertz CT molecular complexity index is 682. The Balaban J connectivity index is 2.26. The van der Waals surface area contributed by atoms with E-state index in [2.05, 4.69) is 35.0 Å². The first-order chi connectivity index (χ1) is 9.13. The molecule has 19 heavy (non-hydrogen) atoms. The second-order valence-electron chi connectivity index (χ2n) is 5.07. The van der Waals surface area contributed by atoms with E-state index in [1.54, 1.807) is 10.7 Å². The molecular formula is C13H14ClN5. The summed E-state index contributed by atoms with van der Waals surface area (Å²) in [7, 11) is 0. The van der Waals surface area contributed by atoms with Crippen molar-refractivity contribution in [3.05, 3.63) is 28.2 Å². The highest BCUT2D eigenvalue weighted by Gasteiger charge is 2.26. The topological polar surface area (TPSA) is 57.2 Å². The largest absolute Gasteiger partial charge is 0.296 e. The number of pyridine rings is 1. The lowest BCUT2D eigenvalue weighted by molar-refractivity contribution is 0.204. The van der Waals surface area contributed by atoms with Crippen molar-refractivity contribution in [2.24, 2.45) is 0 Å². The van der Waals surface area contributed by atoms with Crippen LogP contribution in [0.25, 0.3) is 5.65 Å². The monoisotopic (exact) mass is 275 g/mol. The molecule has 0 aliphatic carbocycles. The molecule has 3 heterocycles. The third kappa shape index (κ3) is 1.79. The van der Waals surface area contributed by atoms with Crippen molar-refractivity contribution in [2.45, 2.75) is 32.9 Å². The van der Waals surface area contributed by atoms with E-state index in [-0.39, 0.29) is 0 Å². The zero-order chi connectivity index (χ0) is 13.6. The van der Waals surface area contributed by atoms with Gasteiger partial charge in [0.2, 0.25) is 0 Å². The molecule has 3 rings (SSSR count). The zero-order valence-corrected chi connectivity index (χ0v) is 11.6. The normalized spacial score (nSPS) is 15.7. The highest BCUT2D eigenvalue weighted by atomic mass is 35.5. The lowest BCUT2D eigenvalue weighted by atomic mass is 9.96. The molecule has 0 fully saturated rings. The molecule has 0 amide bonds. The van der Waals surface area contributed by atoms with Crippen molar-refractivity contribution in [1.29, 1.82) is 5.26 Å². The van der Waals surface area contributed by atoms with E-state index < -0.39 is 0 Å². The molecule has 0 radical (unpaired) electrons. The number of halogens is 1. The maximum atomic E-state index is 9.34. The lowest BCUT2D eigenvalue weighted by Gasteiger charge is -2.32. The lowest BCUT2D eigenvalue weighted by Crippen LogP contribution is -2.36. The summed E-state index contributed by atoms with van der Waals surface area (Å²) in [5, 5.41) is 17.8. The van der Waals surface area contributed by atoms with E-state index in [4.69, 9.17) is 11.6 Å². The number of aromatic nitrogens is 3. The molecule has 2 aromatic rings. The van der Waals surface area contributed by atoms with Crippen LogP contribution in [0.15, 0.2) is 6.33 Å². The van der Waals surface area contributed by atoms with Crippen LogP contribution in [0.3, 0.4) is 0 Å². The number of nitriles is 1. The molecule has 2 aromatic heterocycles. The Morgan fingerprint density at radius 2 is 2.21 bits per heavy atom. The minimum Gasteiger partial charge on any atom is -0.296 e. The van der Waals surface area contributed by atoms with Gasteiger partial charge in [0, 0.05) is 24.7 Å². The Morgan fingerprint density at radius 1 is 1.42 bits per heavy atom. The smallest absolute Gasteiger partial charge is 0.166 e. The van der Waals surface area contributed by atoms with E-state index in [0.29, 0.717) is 16.8 Å². The van der Waals surface area contributed by atoms with Gasteiger partial charge in [0.25, 0.3) is 0 Å². The van der Waals surface area contributed by atoms with Crippen molar-refractivity contribution in [3.63, 3.8) is 0 Å². The van der Waals surface area contributed by atoms with Crippen LogP contribution in [0.5, 0.6) is 0 Å². The zero-order valence-electron chi connectivity index (χ0n) is 10.9. The Kier molecular flexibility index (Phi) is 2.92.